The highest BCUT2D eigenvalue weighted by Gasteiger charge is 2.06. The number of aromatic nitrogens is 1. The predicted molar refractivity (Wildman–Crippen MR) is 82.3 cm³/mol. The van der Waals surface area contributed by atoms with E-state index in [1.54, 1.807) is 0 Å². The van der Waals surface area contributed by atoms with E-state index in [0.29, 0.717) is 16.8 Å². The molecule has 0 unspecified atom stereocenters. The Morgan fingerprint density at radius 2 is 1.85 bits per heavy atom. The molecular formula is C15H12ClNO2S. The predicted octanol–water partition coefficient (Wildman–Crippen LogP) is 5.14. The third-order valence-electron chi connectivity index (χ3n) is 2.67. The number of rotatable bonds is 4. The van der Waals surface area contributed by atoms with Crippen LogP contribution in [0.5, 0.6) is 16.7 Å². The summed E-state index contributed by atoms with van der Waals surface area (Å²) in [7, 11) is 0. The average Bonchev–Trinajstić information content (AvgIpc) is 2.82. The molecule has 0 spiro atoms. The Balaban J connectivity index is 1.81. The molecule has 1 heterocycles. The van der Waals surface area contributed by atoms with Crippen molar-refractivity contribution >= 4 is 33.2 Å². The van der Waals surface area contributed by atoms with Crippen LogP contribution in [0.15, 0.2) is 42.5 Å². The highest BCUT2D eigenvalue weighted by molar-refractivity contribution is 7.20. The molecule has 0 aliphatic carbocycles. The van der Waals surface area contributed by atoms with Gasteiger partial charge < -0.3 is 9.47 Å². The summed E-state index contributed by atoms with van der Waals surface area (Å²) in [5.74, 6) is 1.56. The van der Waals surface area contributed by atoms with Gasteiger partial charge in [0.1, 0.15) is 11.5 Å². The van der Waals surface area contributed by atoms with Crippen LogP contribution in [0.2, 0.25) is 5.02 Å². The molecular weight excluding hydrogens is 294 g/mol. The average molecular weight is 306 g/mol. The summed E-state index contributed by atoms with van der Waals surface area (Å²) in [5.41, 5.74) is 0.889. The molecule has 102 valence electrons. The van der Waals surface area contributed by atoms with E-state index >= 15 is 0 Å². The fraction of sp³-hybridized carbons (Fsp3) is 0.133. The Bertz CT molecular complexity index is 724. The quantitative estimate of drug-likeness (QED) is 0.668. The lowest BCUT2D eigenvalue weighted by molar-refractivity contribution is 0.339. The van der Waals surface area contributed by atoms with Crippen LogP contribution in [0, 0.1) is 0 Å². The molecule has 0 aliphatic heterocycles. The van der Waals surface area contributed by atoms with Crippen LogP contribution in [0.1, 0.15) is 6.92 Å². The van der Waals surface area contributed by atoms with Gasteiger partial charge >= 0.3 is 0 Å². The Labute approximate surface area is 125 Å². The van der Waals surface area contributed by atoms with Crippen molar-refractivity contribution in [2.45, 2.75) is 6.92 Å². The van der Waals surface area contributed by atoms with E-state index in [0.717, 1.165) is 21.7 Å². The van der Waals surface area contributed by atoms with Gasteiger partial charge in [0.15, 0.2) is 0 Å². The molecule has 0 fully saturated rings. The van der Waals surface area contributed by atoms with E-state index in [4.69, 9.17) is 21.1 Å². The second kappa shape index (κ2) is 5.69. The summed E-state index contributed by atoms with van der Waals surface area (Å²) in [6.45, 7) is 2.61. The highest BCUT2D eigenvalue weighted by atomic mass is 35.5. The molecule has 3 aromatic rings. The third kappa shape index (κ3) is 2.86. The molecule has 0 atom stereocenters. The zero-order chi connectivity index (χ0) is 13.9. The SMILES string of the molecule is CCOc1ccc(Oc2nc3ccc(Cl)cc3s2)cc1. The molecule has 3 rings (SSSR count). The number of fused-ring (bicyclic) bond motifs is 1. The molecule has 0 amide bonds. The van der Waals surface area contributed by atoms with Gasteiger partial charge in [-0.1, -0.05) is 22.9 Å². The van der Waals surface area contributed by atoms with Gasteiger partial charge in [0.05, 0.1) is 16.8 Å². The van der Waals surface area contributed by atoms with Crippen molar-refractivity contribution in [1.82, 2.24) is 4.98 Å². The van der Waals surface area contributed by atoms with Crippen LogP contribution < -0.4 is 9.47 Å². The third-order valence-corrected chi connectivity index (χ3v) is 3.80. The van der Waals surface area contributed by atoms with Crippen molar-refractivity contribution in [2.75, 3.05) is 6.61 Å². The monoisotopic (exact) mass is 305 g/mol. The van der Waals surface area contributed by atoms with E-state index in [-0.39, 0.29) is 0 Å². The van der Waals surface area contributed by atoms with Gasteiger partial charge in [-0.05, 0) is 49.4 Å². The van der Waals surface area contributed by atoms with Crippen LogP contribution >= 0.6 is 22.9 Å². The van der Waals surface area contributed by atoms with Gasteiger partial charge in [-0.25, -0.2) is 4.98 Å². The van der Waals surface area contributed by atoms with Gasteiger partial charge in [0.2, 0.25) is 0 Å². The summed E-state index contributed by atoms with van der Waals surface area (Å²) in [5, 5.41) is 1.31. The lowest BCUT2D eigenvalue weighted by atomic mass is 10.3. The molecule has 1 aromatic heterocycles. The minimum Gasteiger partial charge on any atom is -0.494 e. The van der Waals surface area contributed by atoms with E-state index in [2.05, 4.69) is 4.98 Å². The Kier molecular flexibility index (Phi) is 3.76. The first-order valence-electron chi connectivity index (χ1n) is 6.21. The second-order valence-corrected chi connectivity index (χ2v) is 5.53. The van der Waals surface area contributed by atoms with Crippen molar-refractivity contribution in [3.8, 4) is 16.7 Å². The minimum atomic E-state index is 0.603. The number of halogens is 1. The lowest BCUT2D eigenvalue weighted by Gasteiger charge is -2.04. The Morgan fingerprint density at radius 3 is 2.60 bits per heavy atom. The van der Waals surface area contributed by atoms with Gasteiger partial charge in [0, 0.05) is 5.02 Å². The summed E-state index contributed by atoms with van der Waals surface area (Å²) < 4.78 is 12.1. The fourth-order valence-corrected chi connectivity index (χ4v) is 2.90. The van der Waals surface area contributed by atoms with Crippen molar-refractivity contribution in [3.05, 3.63) is 47.5 Å². The van der Waals surface area contributed by atoms with Crippen LogP contribution in [0.25, 0.3) is 10.2 Å². The molecule has 0 radical (unpaired) electrons. The molecule has 0 N–H and O–H groups in total. The fourth-order valence-electron chi connectivity index (χ4n) is 1.79. The Morgan fingerprint density at radius 1 is 1.10 bits per heavy atom. The number of hydrogen-bond acceptors (Lipinski definition) is 4. The van der Waals surface area contributed by atoms with Crippen molar-refractivity contribution in [2.24, 2.45) is 0 Å². The number of nitrogens with zero attached hydrogens (tertiary/aromatic N) is 1. The molecule has 3 nitrogen and oxygen atoms in total. The second-order valence-electron chi connectivity index (χ2n) is 4.10. The maximum absolute atomic E-state index is 5.96. The topological polar surface area (TPSA) is 31.4 Å². The summed E-state index contributed by atoms with van der Waals surface area (Å²) in [6, 6.07) is 13.1. The highest BCUT2D eigenvalue weighted by Crippen LogP contribution is 2.33. The maximum Gasteiger partial charge on any atom is 0.279 e. The van der Waals surface area contributed by atoms with Crippen molar-refractivity contribution in [3.63, 3.8) is 0 Å². The number of thiazole rings is 1. The van der Waals surface area contributed by atoms with Gasteiger partial charge in [-0.15, -0.1) is 0 Å². The van der Waals surface area contributed by atoms with Crippen LogP contribution in [-0.4, -0.2) is 11.6 Å². The largest absolute Gasteiger partial charge is 0.494 e. The van der Waals surface area contributed by atoms with Gasteiger partial charge in [-0.3, -0.25) is 0 Å². The maximum atomic E-state index is 5.96. The smallest absolute Gasteiger partial charge is 0.279 e. The molecule has 0 aliphatic rings. The van der Waals surface area contributed by atoms with Gasteiger partial charge in [0.25, 0.3) is 5.19 Å². The molecule has 0 bridgehead atoms. The molecule has 20 heavy (non-hydrogen) atoms. The first-order chi connectivity index (χ1) is 9.74. The van der Waals surface area contributed by atoms with Crippen molar-refractivity contribution < 1.29 is 9.47 Å². The van der Waals surface area contributed by atoms with E-state index in [1.165, 1.54) is 11.3 Å². The van der Waals surface area contributed by atoms with Crippen LogP contribution in [0.3, 0.4) is 0 Å². The first kappa shape index (κ1) is 13.2. The summed E-state index contributed by atoms with van der Waals surface area (Å²) >= 11 is 7.43. The van der Waals surface area contributed by atoms with E-state index in [1.807, 2.05) is 49.4 Å². The van der Waals surface area contributed by atoms with Crippen molar-refractivity contribution in [1.29, 1.82) is 0 Å². The zero-order valence-corrected chi connectivity index (χ0v) is 12.4. The van der Waals surface area contributed by atoms with Crippen LogP contribution in [0.4, 0.5) is 0 Å². The minimum absolute atomic E-state index is 0.603. The van der Waals surface area contributed by atoms with E-state index in [9.17, 15) is 0 Å². The number of ether oxygens (including phenoxy) is 2. The normalized spacial score (nSPS) is 10.7. The molecule has 0 saturated carbocycles. The molecule has 2 aromatic carbocycles. The molecule has 5 heteroatoms. The number of hydrogen-bond donors (Lipinski definition) is 0. The lowest BCUT2D eigenvalue weighted by Crippen LogP contribution is -1.90. The number of benzene rings is 2. The van der Waals surface area contributed by atoms with E-state index < -0.39 is 0 Å². The summed E-state index contributed by atoms with van der Waals surface area (Å²) in [4.78, 5) is 4.41. The Hall–Kier alpha value is -1.78. The molecule has 0 saturated heterocycles. The summed E-state index contributed by atoms with van der Waals surface area (Å²) in [6.07, 6.45) is 0. The van der Waals surface area contributed by atoms with Gasteiger partial charge in [-0.2, -0.15) is 0 Å². The standard InChI is InChI=1S/C15H12ClNO2S/c1-2-18-11-4-6-12(7-5-11)19-15-17-13-8-3-10(16)9-14(13)20-15/h3-9H,2H2,1H3. The first-order valence-corrected chi connectivity index (χ1v) is 7.41. The van der Waals surface area contributed by atoms with Crippen LogP contribution in [-0.2, 0) is 0 Å². The zero-order valence-electron chi connectivity index (χ0n) is 10.8.